The normalized spacial score (nSPS) is 26.8. The molecule has 2 rings (SSSR count). The fourth-order valence-corrected chi connectivity index (χ4v) is 3.44. The summed E-state index contributed by atoms with van der Waals surface area (Å²) in [7, 11) is 0. The standard InChI is InChI=1S/C17H24F3N/c1-13-5-3-6-14(11-13)15-12-21-10-9-16(15,2)7-4-8-17(18,19)20/h3,5-6,11,15,21H,4,7-10,12H2,1-2H3. The van der Waals surface area contributed by atoms with E-state index in [1.807, 2.05) is 6.07 Å². The number of hydrogen-bond acceptors (Lipinski definition) is 1. The van der Waals surface area contributed by atoms with Crippen LogP contribution in [0, 0.1) is 12.3 Å². The number of nitrogens with one attached hydrogen (secondary N) is 1. The molecule has 0 amide bonds. The van der Waals surface area contributed by atoms with Crippen LogP contribution >= 0.6 is 0 Å². The Morgan fingerprint density at radius 2 is 2.10 bits per heavy atom. The van der Waals surface area contributed by atoms with Crippen LogP contribution < -0.4 is 5.32 Å². The summed E-state index contributed by atoms with van der Waals surface area (Å²) in [6, 6.07) is 8.36. The Morgan fingerprint density at radius 1 is 1.33 bits per heavy atom. The summed E-state index contributed by atoms with van der Waals surface area (Å²) in [4.78, 5) is 0. The first-order valence-corrected chi connectivity index (χ1v) is 7.64. The van der Waals surface area contributed by atoms with Crippen molar-refractivity contribution >= 4 is 0 Å². The average Bonchev–Trinajstić information content (AvgIpc) is 2.37. The highest BCUT2D eigenvalue weighted by atomic mass is 19.4. The summed E-state index contributed by atoms with van der Waals surface area (Å²) in [6.45, 7) is 5.95. The molecule has 1 aliphatic rings. The van der Waals surface area contributed by atoms with Crippen LogP contribution in [0.5, 0.6) is 0 Å². The molecular weight excluding hydrogens is 275 g/mol. The molecule has 1 nitrogen and oxygen atoms in total. The number of alkyl halides is 3. The lowest BCUT2D eigenvalue weighted by atomic mass is 9.66. The molecule has 4 heteroatoms. The van der Waals surface area contributed by atoms with Crippen molar-refractivity contribution in [1.82, 2.24) is 5.32 Å². The predicted octanol–water partition coefficient (Wildman–Crippen LogP) is 4.81. The lowest BCUT2D eigenvalue weighted by molar-refractivity contribution is -0.137. The number of rotatable bonds is 4. The van der Waals surface area contributed by atoms with Crippen LogP contribution in [-0.4, -0.2) is 19.3 Å². The molecule has 2 unspecified atom stereocenters. The van der Waals surface area contributed by atoms with Gasteiger partial charge in [-0.05, 0) is 43.7 Å². The monoisotopic (exact) mass is 299 g/mol. The highest BCUT2D eigenvalue weighted by Gasteiger charge is 2.38. The molecule has 0 aliphatic carbocycles. The van der Waals surface area contributed by atoms with E-state index in [0.29, 0.717) is 12.3 Å². The van der Waals surface area contributed by atoms with E-state index in [4.69, 9.17) is 0 Å². The minimum absolute atomic E-state index is 0.0513. The molecule has 21 heavy (non-hydrogen) atoms. The number of piperidine rings is 1. The zero-order valence-electron chi connectivity index (χ0n) is 12.8. The fourth-order valence-electron chi connectivity index (χ4n) is 3.44. The molecule has 1 saturated heterocycles. The van der Waals surface area contributed by atoms with E-state index in [-0.39, 0.29) is 11.8 Å². The second-order valence-corrected chi connectivity index (χ2v) is 6.54. The lowest BCUT2D eigenvalue weighted by Gasteiger charge is -2.42. The number of benzene rings is 1. The quantitative estimate of drug-likeness (QED) is 0.841. The molecule has 0 saturated carbocycles. The Morgan fingerprint density at radius 3 is 2.76 bits per heavy atom. The van der Waals surface area contributed by atoms with E-state index in [1.54, 1.807) is 0 Å². The van der Waals surface area contributed by atoms with Gasteiger partial charge in [0.25, 0.3) is 0 Å². The number of halogens is 3. The molecule has 0 bridgehead atoms. The first kappa shape index (κ1) is 16.3. The van der Waals surface area contributed by atoms with Gasteiger partial charge in [-0.1, -0.05) is 36.8 Å². The van der Waals surface area contributed by atoms with Gasteiger partial charge in [-0.3, -0.25) is 0 Å². The molecule has 1 aromatic carbocycles. The van der Waals surface area contributed by atoms with Crippen LogP contribution in [-0.2, 0) is 0 Å². The van der Waals surface area contributed by atoms with E-state index >= 15 is 0 Å². The first-order chi connectivity index (χ1) is 9.80. The Balaban J connectivity index is 2.10. The first-order valence-electron chi connectivity index (χ1n) is 7.64. The van der Waals surface area contributed by atoms with Crippen molar-refractivity contribution in [1.29, 1.82) is 0 Å². The van der Waals surface area contributed by atoms with Gasteiger partial charge in [-0.15, -0.1) is 0 Å². The fraction of sp³-hybridized carbons (Fsp3) is 0.647. The molecule has 1 fully saturated rings. The maximum Gasteiger partial charge on any atom is 0.389 e. The molecule has 1 N–H and O–H groups in total. The van der Waals surface area contributed by atoms with Gasteiger partial charge in [0.1, 0.15) is 0 Å². The molecule has 0 aromatic heterocycles. The van der Waals surface area contributed by atoms with Crippen LogP contribution in [0.25, 0.3) is 0 Å². The van der Waals surface area contributed by atoms with Crippen molar-refractivity contribution in [3.63, 3.8) is 0 Å². The highest BCUT2D eigenvalue weighted by molar-refractivity contribution is 5.28. The second kappa shape index (κ2) is 6.39. The molecular formula is C17H24F3N. The SMILES string of the molecule is Cc1cccc(C2CNCCC2(C)CCCC(F)(F)F)c1. The van der Waals surface area contributed by atoms with E-state index in [1.165, 1.54) is 11.1 Å². The minimum Gasteiger partial charge on any atom is -0.316 e. The minimum atomic E-state index is -4.04. The smallest absolute Gasteiger partial charge is 0.316 e. The van der Waals surface area contributed by atoms with Crippen molar-refractivity contribution in [2.45, 2.75) is 51.6 Å². The van der Waals surface area contributed by atoms with Gasteiger partial charge < -0.3 is 5.32 Å². The van der Waals surface area contributed by atoms with Crippen molar-refractivity contribution in [3.8, 4) is 0 Å². The maximum absolute atomic E-state index is 12.4. The lowest BCUT2D eigenvalue weighted by Crippen LogP contribution is -2.42. The summed E-state index contributed by atoms with van der Waals surface area (Å²) in [5.41, 5.74) is 2.40. The van der Waals surface area contributed by atoms with Crippen LogP contribution in [0.4, 0.5) is 13.2 Å². The zero-order chi connectivity index (χ0) is 15.5. The third-order valence-electron chi connectivity index (χ3n) is 4.72. The second-order valence-electron chi connectivity index (χ2n) is 6.54. The van der Waals surface area contributed by atoms with Crippen molar-refractivity contribution < 1.29 is 13.2 Å². The molecule has 1 aromatic rings. The van der Waals surface area contributed by atoms with Crippen molar-refractivity contribution in [2.24, 2.45) is 5.41 Å². The largest absolute Gasteiger partial charge is 0.389 e. The third-order valence-corrected chi connectivity index (χ3v) is 4.72. The number of aryl methyl sites for hydroxylation is 1. The Kier molecular flexibility index (Phi) is 4.97. The van der Waals surface area contributed by atoms with Gasteiger partial charge in [-0.25, -0.2) is 0 Å². The molecule has 0 spiro atoms. The van der Waals surface area contributed by atoms with E-state index < -0.39 is 12.6 Å². The molecule has 1 aliphatic heterocycles. The van der Waals surface area contributed by atoms with E-state index in [2.05, 4.69) is 37.4 Å². The summed E-state index contributed by atoms with van der Waals surface area (Å²) < 4.78 is 37.2. The molecule has 1 heterocycles. The van der Waals surface area contributed by atoms with E-state index in [9.17, 15) is 13.2 Å². The van der Waals surface area contributed by atoms with Gasteiger partial charge in [0, 0.05) is 18.9 Å². The third kappa shape index (κ3) is 4.47. The van der Waals surface area contributed by atoms with Crippen molar-refractivity contribution in [3.05, 3.63) is 35.4 Å². The van der Waals surface area contributed by atoms with Crippen LogP contribution in [0.3, 0.4) is 0 Å². The number of hydrogen-bond donors (Lipinski definition) is 1. The zero-order valence-corrected chi connectivity index (χ0v) is 12.8. The van der Waals surface area contributed by atoms with E-state index in [0.717, 1.165) is 19.5 Å². The Labute approximate surface area is 124 Å². The van der Waals surface area contributed by atoms with Crippen LogP contribution in [0.15, 0.2) is 24.3 Å². The predicted molar refractivity (Wildman–Crippen MR) is 79.4 cm³/mol. The Hall–Kier alpha value is -1.03. The summed E-state index contributed by atoms with van der Waals surface area (Å²) in [5, 5.41) is 3.39. The van der Waals surface area contributed by atoms with Crippen molar-refractivity contribution in [2.75, 3.05) is 13.1 Å². The topological polar surface area (TPSA) is 12.0 Å². The average molecular weight is 299 g/mol. The molecule has 118 valence electrons. The summed E-state index contributed by atoms with van der Waals surface area (Å²) in [6.07, 6.45) is -2.92. The van der Waals surface area contributed by atoms with Crippen LogP contribution in [0.2, 0.25) is 0 Å². The van der Waals surface area contributed by atoms with Gasteiger partial charge in [-0.2, -0.15) is 13.2 Å². The van der Waals surface area contributed by atoms with Crippen LogP contribution in [0.1, 0.15) is 49.7 Å². The molecule has 0 radical (unpaired) electrons. The maximum atomic E-state index is 12.4. The van der Waals surface area contributed by atoms with Gasteiger partial charge in [0.15, 0.2) is 0 Å². The Bertz CT molecular complexity index is 469. The summed E-state index contributed by atoms with van der Waals surface area (Å²) in [5.74, 6) is 0.291. The van der Waals surface area contributed by atoms with Gasteiger partial charge in [0.2, 0.25) is 0 Å². The molecule has 2 atom stereocenters. The highest BCUT2D eigenvalue weighted by Crippen LogP contribution is 2.45. The van der Waals surface area contributed by atoms with Gasteiger partial charge >= 0.3 is 6.18 Å². The van der Waals surface area contributed by atoms with Gasteiger partial charge in [0.05, 0.1) is 0 Å². The summed E-state index contributed by atoms with van der Waals surface area (Å²) >= 11 is 0.